The topological polar surface area (TPSA) is 47.6 Å². The van der Waals surface area contributed by atoms with Gasteiger partial charge in [-0.05, 0) is 31.0 Å². The fourth-order valence-electron chi connectivity index (χ4n) is 1.68. The van der Waals surface area contributed by atoms with Crippen LogP contribution in [0.15, 0.2) is 18.2 Å². The van der Waals surface area contributed by atoms with E-state index in [1.54, 1.807) is 32.4 Å². The van der Waals surface area contributed by atoms with Gasteiger partial charge >= 0.3 is 0 Å². The zero-order valence-corrected chi connectivity index (χ0v) is 12.1. The minimum atomic E-state index is -0.151. The van der Waals surface area contributed by atoms with E-state index in [1.807, 2.05) is 0 Å². The number of ether oxygens (including phenoxy) is 2. The largest absolute Gasteiger partial charge is 0.497 e. The molecule has 0 heterocycles. The van der Waals surface area contributed by atoms with E-state index in [1.165, 1.54) is 0 Å². The second kappa shape index (κ2) is 8.64. The van der Waals surface area contributed by atoms with Gasteiger partial charge < -0.3 is 14.8 Å². The molecule has 4 nitrogen and oxygen atoms in total. The second-order valence-electron chi connectivity index (χ2n) is 4.07. The molecule has 0 aliphatic carbocycles. The first-order chi connectivity index (χ1) is 9.22. The first-order valence-corrected chi connectivity index (χ1v) is 6.82. The Bertz CT molecular complexity index is 410. The van der Waals surface area contributed by atoms with Gasteiger partial charge in [0.05, 0.1) is 19.8 Å². The quantitative estimate of drug-likeness (QED) is 0.590. The first kappa shape index (κ1) is 15.6. The third-order valence-electron chi connectivity index (χ3n) is 2.75. The van der Waals surface area contributed by atoms with Crippen molar-refractivity contribution in [2.45, 2.75) is 19.3 Å². The number of unbranched alkanes of at least 4 members (excludes halogenated alkanes) is 2. The zero-order chi connectivity index (χ0) is 14.1. The van der Waals surface area contributed by atoms with Crippen LogP contribution in [0, 0.1) is 0 Å². The number of hydrogen-bond donors (Lipinski definition) is 1. The molecule has 0 aliphatic heterocycles. The standard InChI is InChI=1S/C14H20ClNO3/c1-18-11-6-7-13(19-2)12(10-11)14(17)16-9-5-3-4-8-15/h6-7,10H,3-5,8-9H2,1-2H3,(H,16,17). The summed E-state index contributed by atoms with van der Waals surface area (Å²) in [6.45, 7) is 0.635. The summed E-state index contributed by atoms with van der Waals surface area (Å²) in [7, 11) is 3.11. The Kier molecular flexibility index (Phi) is 7.11. The molecule has 0 spiro atoms. The zero-order valence-electron chi connectivity index (χ0n) is 11.4. The Hall–Kier alpha value is -1.42. The van der Waals surface area contributed by atoms with E-state index >= 15 is 0 Å². The summed E-state index contributed by atoms with van der Waals surface area (Å²) >= 11 is 5.59. The SMILES string of the molecule is COc1ccc(OC)c(C(=O)NCCCCCCl)c1. The molecular weight excluding hydrogens is 266 g/mol. The molecule has 0 unspecified atom stereocenters. The first-order valence-electron chi connectivity index (χ1n) is 6.29. The molecule has 1 rings (SSSR count). The molecule has 0 fully saturated rings. The summed E-state index contributed by atoms with van der Waals surface area (Å²) in [4.78, 5) is 12.1. The van der Waals surface area contributed by atoms with Gasteiger partial charge in [0.1, 0.15) is 11.5 Å². The van der Waals surface area contributed by atoms with Crippen molar-refractivity contribution in [3.8, 4) is 11.5 Å². The molecule has 0 saturated carbocycles. The molecule has 0 aromatic heterocycles. The summed E-state index contributed by atoms with van der Waals surface area (Å²) < 4.78 is 10.3. The molecular formula is C14H20ClNO3. The summed E-state index contributed by atoms with van der Waals surface area (Å²) in [5.74, 6) is 1.69. The fraction of sp³-hybridized carbons (Fsp3) is 0.500. The van der Waals surface area contributed by atoms with Gasteiger partial charge in [-0.3, -0.25) is 4.79 Å². The van der Waals surface area contributed by atoms with Crippen molar-refractivity contribution >= 4 is 17.5 Å². The lowest BCUT2D eigenvalue weighted by atomic mass is 10.1. The van der Waals surface area contributed by atoms with Gasteiger partial charge in [-0.2, -0.15) is 0 Å². The molecule has 5 heteroatoms. The molecule has 1 aromatic rings. The van der Waals surface area contributed by atoms with Gasteiger partial charge in [0, 0.05) is 12.4 Å². The summed E-state index contributed by atoms with van der Waals surface area (Å²) in [6.07, 6.45) is 2.91. The average molecular weight is 286 g/mol. The van der Waals surface area contributed by atoms with Gasteiger partial charge in [0.15, 0.2) is 0 Å². The highest BCUT2D eigenvalue weighted by Gasteiger charge is 2.12. The van der Waals surface area contributed by atoms with Crippen molar-refractivity contribution in [3.05, 3.63) is 23.8 Å². The van der Waals surface area contributed by atoms with Crippen LogP contribution in [0.1, 0.15) is 29.6 Å². The molecule has 1 N–H and O–H groups in total. The maximum Gasteiger partial charge on any atom is 0.255 e. The van der Waals surface area contributed by atoms with E-state index < -0.39 is 0 Å². The monoisotopic (exact) mass is 285 g/mol. The molecule has 0 aliphatic rings. The Labute approximate surface area is 119 Å². The molecule has 1 aromatic carbocycles. The minimum Gasteiger partial charge on any atom is -0.497 e. The van der Waals surface area contributed by atoms with Crippen molar-refractivity contribution in [1.29, 1.82) is 0 Å². The predicted molar refractivity (Wildman–Crippen MR) is 76.5 cm³/mol. The van der Waals surface area contributed by atoms with Crippen molar-refractivity contribution < 1.29 is 14.3 Å². The van der Waals surface area contributed by atoms with Crippen LogP contribution in [0.2, 0.25) is 0 Å². The molecule has 106 valence electrons. The lowest BCUT2D eigenvalue weighted by Gasteiger charge is -2.10. The van der Waals surface area contributed by atoms with Gasteiger partial charge in [-0.25, -0.2) is 0 Å². The smallest absolute Gasteiger partial charge is 0.255 e. The van der Waals surface area contributed by atoms with Gasteiger partial charge in [-0.15, -0.1) is 11.6 Å². The summed E-state index contributed by atoms with van der Waals surface area (Å²) in [5, 5.41) is 2.87. The van der Waals surface area contributed by atoms with Crippen LogP contribution in [-0.2, 0) is 0 Å². The predicted octanol–water partition coefficient (Wildman–Crippen LogP) is 2.84. The lowest BCUT2D eigenvalue weighted by molar-refractivity contribution is 0.0949. The Morgan fingerprint density at radius 2 is 2.00 bits per heavy atom. The average Bonchev–Trinajstić information content (AvgIpc) is 2.46. The third kappa shape index (κ3) is 4.99. The van der Waals surface area contributed by atoms with Crippen LogP contribution in [0.4, 0.5) is 0 Å². The number of methoxy groups -OCH3 is 2. The number of hydrogen-bond acceptors (Lipinski definition) is 3. The van der Waals surface area contributed by atoms with Crippen LogP contribution >= 0.6 is 11.6 Å². The molecule has 0 bridgehead atoms. The van der Waals surface area contributed by atoms with E-state index in [4.69, 9.17) is 21.1 Å². The number of halogens is 1. The van der Waals surface area contributed by atoms with E-state index in [0.29, 0.717) is 29.5 Å². The van der Waals surface area contributed by atoms with E-state index in [0.717, 1.165) is 19.3 Å². The molecule has 0 radical (unpaired) electrons. The highest BCUT2D eigenvalue weighted by molar-refractivity contribution is 6.17. The minimum absolute atomic E-state index is 0.151. The highest BCUT2D eigenvalue weighted by Crippen LogP contribution is 2.23. The summed E-state index contributed by atoms with van der Waals surface area (Å²) in [5.41, 5.74) is 0.485. The van der Waals surface area contributed by atoms with E-state index in [2.05, 4.69) is 5.32 Å². The van der Waals surface area contributed by atoms with Crippen molar-refractivity contribution in [2.24, 2.45) is 0 Å². The van der Waals surface area contributed by atoms with Crippen LogP contribution in [-0.4, -0.2) is 32.6 Å². The van der Waals surface area contributed by atoms with Gasteiger partial charge in [0.2, 0.25) is 0 Å². The summed E-state index contributed by atoms with van der Waals surface area (Å²) in [6, 6.07) is 5.16. The van der Waals surface area contributed by atoms with Gasteiger partial charge in [-0.1, -0.05) is 6.42 Å². The van der Waals surface area contributed by atoms with Crippen LogP contribution in [0.5, 0.6) is 11.5 Å². The second-order valence-corrected chi connectivity index (χ2v) is 4.45. The number of carbonyl (C=O) groups excluding carboxylic acids is 1. The van der Waals surface area contributed by atoms with Gasteiger partial charge in [0.25, 0.3) is 5.91 Å². The Morgan fingerprint density at radius 3 is 2.63 bits per heavy atom. The normalized spacial score (nSPS) is 10.1. The van der Waals surface area contributed by atoms with E-state index in [9.17, 15) is 4.79 Å². The molecule has 0 atom stereocenters. The maximum absolute atomic E-state index is 12.1. The van der Waals surface area contributed by atoms with Crippen molar-refractivity contribution in [1.82, 2.24) is 5.32 Å². The van der Waals surface area contributed by atoms with Crippen LogP contribution in [0.25, 0.3) is 0 Å². The molecule has 19 heavy (non-hydrogen) atoms. The van der Waals surface area contributed by atoms with E-state index in [-0.39, 0.29) is 5.91 Å². The van der Waals surface area contributed by atoms with Crippen molar-refractivity contribution in [3.63, 3.8) is 0 Å². The molecule has 1 amide bonds. The fourth-order valence-corrected chi connectivity index (χ4v) is 1.87. The maximum atomic E-state index is 12.1. The van der Waals surface area contributed by atoms with Crippen LogP contribution < -0.4 is 14.8 Å². The molecule has 0 saturated heterocycles. The number of rotatable bonds is 8. The highest BCUT2D eigenvalue weighted by atomic mass is 35.5. The van der Waals surface area contributed by atoms with Crippen LogP contribution in [0.3, 0.4) is 0 Å². The Morgan fingerprint density at radius 1 is 1.21 bits per heavy atom. The number of nitrogens with one attached hydrogen (secondary N) is 1. The van der Waals surface area contributed by atoms with Crippen molar-refractivity contribution in [2.75, 3.05) is 26.6 Å². The number of carbonyl (C=O) groups is 1. The Balaban J connectivity index is 2.59. The number of alkyl halides is 1. The lowest BCUT2D eigenvalue weighted by Crippen LogP contribution is -2.25. The number of amides is 1. The third-order valence-corrected chi connectivity index (χ3v) is 3.01. The number of benzene rings is 1.